The van der Waals surface area contributed by atoms with Crippen LogP contribution >= 0.6 is 22.9 Å². The van der Waals surface area contributed by atoms with Gasteiger partial charge in [0.25, 0.3) is 5.91 Å². The standard InChI is InChI=1S/C22H25ClN4O4S/c23-14-8-27(19-16(28)9-31-20(14)19)22(30)18(11-1-4-13(24)5-2-11)26-21(29)12-3-6-15-17(7-12)32-10-25-15/h3,6-7,10-11,13-14,18-20H,1-2,4-5,8-9,24H2,(H,26,29)/t11?,13?,14-,18-,19+,20+/m0/s1. The van der Waals surface area contributed by atoms with Crippen molar-refractivity contribution in [3.8, 4) is 0 Å². The molecule has 5 rings (SSSR count). The van der Waals surface area contributed by atoms with E-state index >= 15 is 0 Å². The number of halogens is 1. The molecule has 0 spiro atoms. The van der Waals surface area contributed by atoms with Crippen molar-refractivity contribution in [2.45, 2.75) is 55.3 Å². The van der Waals surface area contributed by atoms with Crippen molar-refractivity contribution in [3.05, 3.63) is 29.3 Å². The molecular formula is C22H25ClN4O4S. The summed E-state index contributed by atoms with van der Waals surface area (Å²) in [4.78, 5) is 45.0. The molecule has 2 amide bonds. The van der Waals surface area contributed by atoms with E-state index in [4.69, 9.17) is 22.1 Å². The zero-order valence-corrected chi connectivity index (χ0v) is 19.0. The Balaban J connectivity index is 1.40. The van der Waals surface area contributed by atoms with Gasteiger partial charge in [-0.3, -0.25) is 14.4 Å². The van der Waals surface area contributed by atoms with E-state index in [0.717, 1.165) is 35.9 Å². The minimum atomic E-state index is -0.747. The molecule has 1 aromatic carbocycles. The minimum absolute atomic E-state index is 0.0352. The normalized spacial score (nSPS) is 31.0. The molecule has 1 aliphatic carbocycles. The highest BCUT2D eigenvalue weighted by atomic mass is 35.5. The monoisotopic (exact) mass is 476 g/mol. The number of fused-ring (bicyclic) bond motifs is 2. The Hall–Kier alpha value is -2.07. The van der Waals surface area contributed by atoms with E-state index in [-0.39, 0.29) is 42.7 Å². The van der Waals surface area contributed by atoms with Gasteiger partial charge in [0.15, 0.2) is 5.78 Å². The molecule has 2 aliphatic heterocycles. The smallest absolute Gasteiger partial charge is 0.251 e. The van der Waals surface area contributed by atoms with Gasteiger partial charge in [-0.1, -0.05) is 0 Å². The topological polar surface area (TPSA) is 115 Å². The number of nitrogens with one attached hydrogen (secondary N) is 1. The number of carbonyl (C=O) groups excluding carboxylic acids is 3. The van der Waals surface area contributed by atoms with E-state index in [1.165, 1.54) is 16.2 Å². The van der Waals surface area contributed by atoms with Gasteiger partial charge in [-0.25, -0.2) is 4.98 Å². The van der Waals surface area contributed by atoms with E-state index < -0.39 is 23.6 Å². The fourth-order valence-electron chi connectivity index (χ4n) is 5.08. The SMILES string of the molecule is NC1CCC([C@H](NC(=O)c2ccc3ncsc3c2)C(=O)N2C[C@H](Cl)[C@H]3OCC(=O)[C@H]32)CC1. The molecule has 1 aromatic heterocycles. The first-order chi connectivity index (χ1) is 15.4. The van der Waals surface area contributed by atoms with Crippen molar-refractivity contribution in [3.63, 3.8) is 0 Å². The number of benzene rings is 1. The lowest BCUT2D eigenvalue weighted by molar-refractivity contribution is -0.139. The van der Waals surface area contributed by atoms with Crippen LogP contribution in [0.3, 0.4) is 0 Å². The Labute approximate surface area is 194 Å². The molecule has 2 aromatic rings. The molecule has 170 valence electrons. The maximum Gasteiger partial charge on any atom is 0.251 e. The summed E-state index contributed by atoms with van der Waals surface area (Å²) >= 11 is 7.85. The summed E-state index contributed by atoms with van der Waals surface area (Å²) < 4.78 is 6.43. The van der Waals surface area contributed by atoms with Crippen LogP contribution in [0.1, 0.15) is 36.0 Å². The third-order valence-electron chi connectivity index (χ3n) is 6.84. The Morgan fingerprint density at radius 1 is 1.28 bits per heavy atom. The van der Waals surface area contributed by atoms with Crippen molar-refractivity contribution in [2.75, 3.05) is 13.2 Å². The quantitative estimate of drug-likeness (QED) is 0.649. The van der Waals surface area contributed by atoms with Crippen LogP contribution < -0.4 is 11.1 Å². The Bertz CT molecular complexity index is 1050. The van der Waals surface area contributed by atoms with Gasteiger partial charge in [0, 0.05) is 18.2 Å². The number of ketones is 1. The number of Topliss-reactive ketones (excluding diaryl/α,β-unsaturated/α-hetero) is 1. The van der Waals surface area contributed by atoms with Crippen LogP contribution in [0.2, 0.25) is 0 Å². The molecule has 8 nitrogen and oxygen atoms in total. The van der Waals surface area contributed by atoms with Crippen LogP contribution in [0.25, 0.3) is 10.2 Å². The number of amides is 2. The molecule has 3 heterocycles. The van der Waals surface area contributed by atoms with E-state index in [9.17, 15) is 14.4 Å². The third-order valence-corrected chi connectivity index (χ3v) is 8.02. The van der Waals surface area contributed by atoms with Crippen LogP contribution in [-0.2, 0) is 14.3 Å². The van der Waals surface area contributed by atoms with Gasteiger partial charge in [0.2, 0.25) is 5.91 Å². The second-order valence-electron chi connectivity index (χ2n) is 8.85. The number of ether oxygens (including phenoxy) is 1. The largest absolute Gasteiger partial charge is 0.366 e. The Morgan fingerprint density at radius 3 is 2.84 bits per heavy atom. The lowest BCUT2D eigenvalue weighted by Gasteiger charge is -2.35. The second kappa shape index (κ2) is 8.70. The zero-order valence-electron chi connectivity index (χ0n) is 17.4. The molecule has 0 unspecified atom stereocenters. The van der Waals surface area contributed by atoms with Crippen LogP contribution in [0.4, 0.5) is 0 Å². The number of alkyl halides is 1. The van der Waals surface area contributed by atoms with Crippen molar-refractivity contribution < 1.29 is 19.1 Å². The number of thiazole rings is 1. The molecule has 0 bridgehead atoms. The fourth-order valence-corrected chi connectivity index (χ4v) is 6.16. The Kier molecular flexibility index (Phi) is 5.92. The van der Waals surface area contributed by atoms with Crippen LogP contribution in [0.5, 0.6) is 0 Å². The summed E-state index contributed by atoms with van der Waals surface area (Å²) in [6.45, 7) is 0.194. The summed E-state index contributed by atoms with van der Waals surface area (Å²) in [5.74, 6) is -0.781. The number of carbonyl (C=O) groups is 3. The van der Waals surface area contributed by atoms with Crippen LogP contribution in [0.15, 0.2) is 23.7 Å². The summed E-state index contributed by atoms with van der Waals surface area (Å²) in [5, 5.41) is 2.53. The highest BCUT2D eigenvalue weighted by Crippen LogP contribution is 2.34. The first kappa shape index (κ1) is 21.8. The van der Waals surface area contributed by atoms with Gasteiger partial charge in [-0.15, -0.1) is 22.9 Å². The van der Waals surface area contributed by atoms with Crippen molar-refractivity contribution >= 4 is 50.8 Å². The van der Waals surface area contributed by atoms with E-state index in [2.05, 4.69) is 10.3 Å². The van der Waals surface area contributed by atoms with Crippen molar-refractivity contribution in [1.29, 1.82) is 0 Å². The van der Waals surface area contributed by atoms with Gasteiger partial charge < -0.3 is 20.7 Å². The summed E-state index contributed by atoms with van der Waals surface area (Å²) in [7, 11) is 0. The van der Waals surface area contributed by atoms with Gasteiger partial charge >= 0.3 is 0 Å². The summed E-state index contributed by atoms with van der Waals surface area (Å²) in [6, 6.07) is 3.99. The lowest BCUT2D eigenvalue weighted by Crippen LogP contribution is -2.55. The molecule has 3 aliphatic rings. The summed E-state index contributed by atoms with van der Waals surface area (Å²) in [6.07, 6.45) is 2.58. The second-order valence-corrected chi connectivity index (χ2v) is 10.3. The lowest BCUT2D eigenvalue weighted by atomic mass is 9.81. The molecule has 2 saturated heterocycles. The molecule has 0 radical (unpaired) electrons. The third kappa shape index (κ3) is 3.91. The predicted octanol–water partition coefficient (Wildman–Crippen LogP) is 1.70. The summed E-state index contributed by atoms with van der Waals surface area (Å²) in [5.41, 5.74) is 9.11. The molecule has 3 N–H and O–H groups in total. The van der Waals surface area contributed by atoms with Gasteiger partial charge in [-0.2, -0.15) is 0 Å². The molecular weight excluding hydrogens is 452 g/mol. The first-order valence-corrected chi connectivity index (χ1v) is 12.2. The average Bonchev–Trinajstić information content (AvgIpc) is 3.49. The molecule has 4 atom stereocenters. The van der Waals surface area contributed by atoms with Crippen LogP contribution in [0, 0.1) is 5.92 Å². The Morgan fingerprint density at radius 2 is 2.06 bits per heavy atom. The number of hydrogen-bond acceptors (Lipinski definition) is 7. The maximum atomic E-state index is 13.7. The number of nitrogens with two attached hydrogens (primary N) is 1. The van der Waals surface area contributed by atoms with Gasteiger partial charge in [-0.05, 0) is 49.8 Å². The fraction of sp³-hybridized carbons (Fsp3) is 0.545. The van der Waals surface area contributed by atoms with Gasteiger partial charge in [0.1, 0.15) is 24.8 Å². The number of rotatable bonds is 4. The highest BCUT2D eigenvalue weighted by molar-refractivity contribution is 7.16. The maximum absolute atomic E-state index is 13.7. The zero-order chi connectivity index (χ0) is 22.4. The molecule has 3 fully saturated rings. The minimum Gasteiger partial charge on any atom is -0.366 e. The van der Waals surface area contributed by atoms with E-state index in [0.29, 0.717) is 5.56 Å². The number of hydrogen-bond donors (Lipinski definition) is 2. The van der Waals surface area contributed by atoms with Crippen LogP contribution in [-0.4, -0.2) is 70.2 Å². The number of nitrogens with zero attached hydrogens (tertiary/aromatic N) is 2. The van der Waals surface area contributed by atoms with Crippen molar-refractivity contribution in [1.82, 2.24) is 15.2 Å². The first-order valence-electron chi connectivity index (χ1n) is 10.9. The number of likely N-dealkylation sites (tertiary alicyclic amines) is 1. The molecule has 1 saturated carbocycles. The highest BCUT2D eigenvalue weighted by Gasteiger charge is 2.53. The molecule has 32 heavy (non-hydrogen) atoms. The van der Waals surface area contributed by atoms with E-state index in [1.54, 1.807) is 23.7 Å². The predicted molar refractivity (Wildman–Crippen MR) is 121 cm³/mol. The van der Waals surface area contributed by atoms with Gasteiger partial charge in [0.05, 0.1) is 21.1 Å². The van der Waals surface area contributed by atoms with E-state index in [1.807, 2.05) is 0 Å². The molecule has 10 heteroatoms. The average molecular weight is 477 g/mol. The number of aromatic nitrogens is 1. The van der Waals surface area contributed by atoms with Crippen molar-refractivity contribution in [2.24, 2.45) is 11.7 Å².